The number of hydrogen-bond donors (Lipinski definition) is 2. The lowest BCUT2D eigenvalue weighted by Gasteiger charge is -2.18. The van der Waals surface area contributed by atoms with Gasteiger partial charge in [0.25, 0.3) is 5.91 Å². The number of aromatic nitrogens is 2. The molecule has 3 aromatic rings. The van der Waals surface area contributed by atoms with Crippen molar-refractivity contribution >= 4 is 45.3 Å². The summed E-state index contributed by atoms with van der Waals surface area (Å²) in [4.78, 5) is 30.3. The van der Waals surface area contributed by atoms with E-state index in [1.54, 1.807) is 13.8 Å². The molecule has 3 rings (SSSR count). The molecule has 35 heavy (non-hydrogen) atoms. The lowest BCUT2D eigenvalue weighted by molar-refractivity contribution is -0.138. The van der Waals surface area contributed by atoms with Crippen LogP contribution in [-0.4, -0.2) is 31.3 Å². The number of rotatable bonds is 10. The summed E-state index contributed by atoms with van der Waals surface area (Å²) < 4.78 is 2.15. The number of halogens is 1. The van der Waals surface area contributed by atoms with Crippen LogP contribution in [0, 0.1) is 13.8 Å². The molecule has 8 heteroatoms. The first-order valence-electron chi connectivity index (χ1n) is 11.7. The molecule has 1 heterocycles. The zero-order chi connectivity index (χ0) is 25.8. The number of carboxylic acids is 1. The highest BCUT2D eigenvalue weighted by molar-refractivity contribution is 9.10. The van der Waals surface area contributed by atoms with E-state index in [0.717, 1.165) is 63.5 Å². The summed E-state index contributed by atoms with van der Waals surface area (Å²) in [5.41, 5.74) is 3.84. The summed E-state index contributed by atoms with van der Waals surface area (Å²) in [6.45, 7) is 10.2. The van der Waals surface area contributed by atoms with E-state index in [0.29, 0.717) is 5.69 Å². The Bertz CT molecular complexity index is 1220. The van der Waals surface area contributed by atoms with E-state index < -0.39 is 10.7 Å². The first kappa shape index (κ1) is 27.0. The number of hydrogen-bond acceptors (Lipinski definition) is 4. The Morgan fingerprint density at radius 3 is 2.40 bits per heavy atom. The SMILES string of the molecule is CCCCCn1c(-c2ccc(SC(C)(C)C(=O)O)cc2)nc(C(=O)Nc2ccc(Br)cc2C)c1C. The second-order valence-electron chi connectivity index (χ2n) is 9.08. The van der Waals surface area contributed by atoms with E-state index in [1.165, 1.54) is 11.8 Å². The maximum Gasteiger partial charge on any atom is 0.319 e. The third-order valence-electron chi connectivity index (χ3n) is 5.86. The predicted molar refractivity (Wildman–Crippen MR) is 146 cm³/mol. The minimum absolute atomic E-state index is 0.237. The largest absolute Gasteiger partial charge is 0.480 e. The molecule has 6 nitrogen and oxygen atoms in total. The summed E-state index contributed by atoms with van der Waals surface area (Å²) in [6.07, 6.45) is 3.19. The maximum absolute atomic E-state index is 13.2. The Hall–Kier alpha value is -2.58. The molecule has 0 bridgehead atoms. The fourth-order valence-electron chi connectivity index (χ4n) is 3.72. The van der Waals surface area contributed by atoms with Crippen LogP contribution < -0.4 is 5.32 Å². The maximum atomic E-state index is 13.2. The molecule has 0 aliphatic heterocycles. The second kappa shape index (κ2) is 11.4. The number of carboxylic acid groups (broad SMARTS) is 1. The highest BCUT2D eigenvalue weighted by Crippen LogP contribution is 2.34. The highest BCUT2D eigenvalue weighted by atomic mass is 79.9. The van der Waals surface area contributed by atoms with E-state index >= 15 is 0 Å². The van der Waals surface area contributed by atoms with Crippen molar-refractivity contribution in [3.63, 3.8) is 0 Å². The van der Waals surface area contributed by atoms with Gasteiger partial charge in [-0.15, -0.1) is 11.8 Å². The summed E-state index contributed by atoms with van der Waals surface area (Å²) in [5, 5.41) is 12.4. The van der Waals surface area contributed by atoms with Crippen LogP contribution in [-0.2, 0) is 11.3 Å². The number of imidazole rings is 1. The van der Waals surface area contributed by atoms with Crippen molar-refractivity contribution in [1.82, 2.24) is 9.55 Å². The molecule has 2 aromatic carbocycles. The molecule has 0 atom stereocenters. The van der Waals surface area contributed by atoms with E-state index in [-0.39, 0.29) is 5.91 Å². The lowest BCUT2D eigenvalue weighted by Crippen LogP contribution is -2.26. The van der Waals surface area contributed by atoms with Gasteiger partial charge < -0.3 is 15.0 Å². The number of thioether (sulfide) groups is 1. The number of benzene rings is 2. The number of aliphatic carboxylic acids is 1. The van der Waals surface area contributed by atoms with Gasteiger partial charge in [-0.05, 0) is 70.0 Å². The summed E-state index contributed by atoms with van der Waals surface area (Å²) in [7, 11) is 0. The van der Waals surface area contributed by atoms with Crippen molar-refractivity contribution in [1.29, 1.82) is 0 Å². The monoisotopic (exact) mass is 557 g/mol. The minimum Gasteiger partial charge on any atom is -0.480 e. The number of anilines is 1. The van der Waals surface area contributed by atoms with Gasteiger partial charge in [0.1, 0.15) is 16.3 Å². The number of amides is 1. The fourth-order valence-corrected chi connectivity index (χ4v) is 5.15. The molecule has 0 saturated heterocycles. The average molecular weight is 559 g/mol. The van der Waals surface area contributed by atoms with Crippen LogP contribution in [0.1, 0.15) is 61.8 Å². The number of unbranched alkanes of at least 4 members (excludes halogenated alkanes) is 2. The normalized spacial score (nSPS) is 11.5. The zero-order valence-corrected chi connectivity index (χ0v) is 23.2. The topological polar surface area (TPSA) is 84.2 Å². The minimum atomic E-state index is -0.923. The molecule has 1 aromatic heterocycles. The number of aryl methyl sites for hydroxylation is 1. The van der Waals surface area contributed by atoms with Gasteiger partial charge in [0, 0.05) is 32.9 Å². The molecule has 2 N–H and O–H groups in total. The van der Waals surface area contributed by atoms with Gasteiger partial charge in [-0.1, -0.05) is 47.8 Å². The number of nitrogens with one attached hydrogen (secondary N) is 1. The van der Waals surface area contributed by atoms with E-state index in [9.17, 15) is 14.7 Å². The molecule has 0 aliphatic carbocycles. The first-order valence-corrected chi connectivity index (χ1v) is 13.3. The Labute approximate surface area is 219 Å². The van der Waals surface area contributed by atoms with Gasteiger partial charge >= 0.3 is 5.97 Å². The average Bonchev–Trinajstić information content (AvgIpc) is 3.12. The smallest absolute Gasteiger partial charge is 0.319 e. The van der Waals surface area contributed by atoms with Gasteiger partial charge in [0.2, 0.25) is 0 Å². The number of carbonyl (C=O) groups excluding carboxylic acids is 1. The van der Waals surface area contributed by atoms with Gasteiger partial charge in [0.05, 0.1) is 0 Å². The van der Waals surface area contributed by atoms with Crippen LogP contribution in [0.4, 0.5) is 5.69 Å². The van der Waals surface area contributed by atoms with Gasteiger partial charge in [0.15, 0.2) is 0 Å². The molecule has 0 saturated carbocycles. The molecule has 186 valence electrons. The Kier molecular flexibility index (Phi) is 8.83. The summed E-state index contributed by atoms with van der Waals surface area (Å²) in [6, 6.07) is 13.4. The van der Waals surface area contributed by atoms with Crippen LogP contribution >= 0.6 is 27.7 Å². The molecule has 0 aliphatic rings. The Morgan fingerprint density at radius 1 is 1.11 bits per heavy atom. The van der Waals surface area contributed by atoms with Crippen molar-refractivity contribution < 1.29 is 14.7 Å². The second-order valence-corrected chi connectivity index (χ2v) is 11.7. The van der Waals surface area contributed by atoms with Crippen molar-refractivity contribution in [2.75, 3.05) is 5.32 Å². The quantitative estimate of drug-likeness (QED) is 0.201. The third kappa shape index (κ3) is 6.55. The van der Waals surface area contributed by atoms with E-state index in [1.807, 2.05) is 56.3 Å². The Morgan fingerprint density at radius 2 is 1.80 bits per heavy atom. The van der Waals surface area contributed by atoms with Crippen molar-refractivity contribution in [3.8, 4) is 11.4 Å². The van der Waals surface area contributed by atoms with Crippen LogP contribution in [0.25, 0.3) is 11.4 Å². The molecular weight excluding hydrogens is 526 g/mol. The van der Waals surface area contributed by atoms with E-state index in [4.69, 9.17) is 4.98 Å². The Balaban J connectivity index is 1.93. The van der Waals surface area contributed by atoms with Crippen LogP contribution in [0.3, 0.4) is 0 Å². The molecular formula is C27H32BrN3O3S. The molecule has 0 fully saturated rings. The van der Waals surface area contributed by atoms with Crippen molar-refractivity contribution in [2.24, 2.45) is 0 Å². The van der Waals surface area contributed by atoms with Crippen LogP contribution in [0.2, 0.25) is 0 Å². The van der Waals surface area contributed by atoms with Gasteiger partial charge in [-0.3, -0.25) is 9.59 Å². The molecule has 0 spiro atoms. The predicted octanol–water partition coefficient (Wildman–Crippen LogP) is 7.33. The first-order chi connectivity index (χ1) is 16.5. The van der Waals surface area contributed by atoms with Crippen LogP contribution in [0.5, 0.6) is 0 Å². The van der Waals surface area contributed by atoms with Gasteiger partial charge in [-0.25, -0.2) is 4.98 Å². The molecule has 0 unspecified atom stereocenters. The number of carbonyl (C=O) groups is 2. The number of nitrogens with zero attached hydrogens (tertiary/aromatic N) is 2. The van der Waals surface area contributed by atoms with Gasteiger partial charge in [-0.2, -0.15) is 0 Å². The highest BCUT2D eigenvalue weighted by Gasteiger charge is 2.28. The summed E-state index contributed by atoms with van der Waals surface area (Å²) in [5.74, 6) is -0.352. The standard InChI is InChI=1S/C27H32BrN3O3S/c1-6-7-8-15-31-18(3)23(25(32)29-22-14-11-20(28)16-17(22)2)30-24(31)19-9-12-21(13-10-19)35-27(4,5)26(33)34/h9-14,16H,6-8,15H2,1-5H3,(H,29,32)(H,33,34). The fraction of sp³-hybridized carbons (Fsp3) is 0.370. The third-order valence-corrected chi connectivity index (χ3v) is 7.54. The van der Waals surface area contributed by atoms with Crippen molar-refractivity contribution in [3.05, 3.63) is 63.9 Å². The summed E-state index contributed by atoms with van der Waals surface area (Å²) >= 11 is 4.76. The van der Waals surface area contributed by atoms with Crippen molar-refractivity contribution in [2.45, 2.75) is 70.1 Å². The molecule has 1 amide bonds. The van der Waals surface area contributed by atoms with E-state index in [2.05, 4.69) is 32.7 Å². The molecule has 0 radical (unpaired) electrons. The van der Waals surface area contributed by atoms with Crippen LogP contribution in [0.15, 0.2) is 51.8 Å². The lowest BCUT2D eigenvalue weighted by atomic mass is 10.2. The zero-order valence-electron chi connectivity index (χ0n) is 20.8.